The lowest BCUT2D eigenvalue weighted by molar-refractivity contribution is -0.134. The van der Waals surface area contributed by atoms with Crippen LogP contribution < -0.4 is 10.6 Å². The van der Waals surface area contributed by atoms with Gasteiger partial charge in [-0.1, -0.05) is 49.3 Å². The molecule has 1 aliphatic rings. The Morgan fingerprint density at radius 1 is 0.952 bits per heavy atom. The molecule has 1 aromatic carbocycles. The number of nitrogens with zero attached hydrogens (tertiary/aromatic N) is 2. The lowest BCUT2D eigenvalue weighted by Gasteiger charge is -2.25. The number of carbonyl (C=O) groups excluding carboxylic acids is 4. The molecule has 3 heterocycles. The average Bonchev–Trinajstić information content (AvgIpc) is 3.57. The van der Waals surface area contributed by atoms with Crippen molar-refractivity contribution in [2.45, 2.75) is 71.1 Å². The number of pyridine rings is 1. The molecule has 1 fully saturated rings. The van der Waals surface area contributed by atoms with Crippen LogP contribution in [0.2, 0.25) is 0 Å². The fourth-order valence-corrected chi connectivity index (χ4v) is 4.86. The van der Waals surface area contributed by atoms with Gasteiger partial charge in [0.2, 0.25) is 5.91 Å². The van der Waals surface area contributed by atoms with Crippen molar-refractivity contribution < 1.29 is 28.4 Å². The standard InChI is InChI=1S/C32H38N4O6/c1-20(2)14-26(29(38)32(4)19-41-32)35-30(39)24(16-22-8-6-5-7-9-22)18-28(37)25(17-23-10-12-33-13-11-23)34-31(40)27-15-21(3)42-36-27/h5-13,15,20,24-26H,14,16-19H2,1-4H3,(H,34,40)(H,35,39)/t24-,25+,26+,32-/m1/s1. The zero-order chi connectivity index (χ0) is 30.3. The Morgan fingerprint density at radius 3 is 2.21 bits per heavy atom. The van der Waals surface area contributed by atoms with Crippen LogP contribution in [0, 0.1) is 18.8 Å². The second kappa shape index (κ2) is 13.7. The molecule has 222 valence electrons. The van der Waals surface area contributed by atoms with E-state index in [1.165, 1.54) is 6.07 Å². The number of epoxide rings is 1. The van der Waals surface area contributed by atoms with Crippen molar-refractivity contribution in [3.8, 4) is 0 Å². The maximum atomic E-state index is 13.9. The molecule has 2 N–H and O–H groups in total. The number of ketones is 2. The van der Waals surface area contributed by atoms with Gasteiger partial charge in [0.1, 0.15) is 11.4 Å². The smallest absolute Gasteiger partial charge is 0.274 e. The van der Waals surface area contributed by atoms with E-state index in [0.29, 0.717) is 18.8 Å². The predicted octanol–water partition coefficient (Wildman–Crippen LogP) is 3.43. The summed E-state index contributed by atoms with van der Waals surface area (Å²) in [5, 5.41) is 9.49. The highest BCUT2D eigenvalue weighted by Gasteiger charge is 2.50. The van der Waals surface area contributed by atoms with Gasteiger partial charge in [-0.05, 0) is 62.3 Å². The van der Waals surface area contributed by atoms with Gasteiger partial charge in [-0.25, -0.2) is 0 Å². The summed E-state index contributed by atoms with van der Waals surface area (Å²) in [6, 6.07) is 12.8. The number of amides is 2. The van der Waals surface area contributed by atoms with Crippen molar-refractivity contribution >= 4 is 23.4 Å². The monoisotopic (exact) mass is 574 g/mol. The minimum absolute atomic E-state index is 0.0597. The number of aromatic nitrogens is 2. The third-order valence-corrected chi connectivity index (χ3v) is 7.33. The molecule has 2 aromatic heterocycles. The molecule has 4 atom stereocenters. The van der Waals surface area contributed by atoms with Crippen LogP contribution in [0.3, 0.4) is 0 Å². The van der Waals surface area contributed by atoms with Crippen LogP contribution in [-0.4, -0.2) is 57.8 Å². The maximum absolute atomic E-state index is 13.9. The molecule has 0 bridgehead atoms. The maximum Gasteiger partial charge on any atom is 0.274 e. The summed E-state index contributed by atoms with van der Waals surface area (Å²) in [7, 11) is 0. The molecular weight excluding hydrogens is 536 g/mol. The Bertz CT molecular complexity index is 1380. The van der Waals surface area contributed by atoms with Crippen LogP contribution in [0.4, 0.5) is 0 Å². The van der Waals surface area contributed by atoms with Gasteiger partial charge in [-0.3, -0.25) is 24.2 Å². The van der Waals surface area contributed by atoms with E-state index >= 15 is 0 Å². The van der Waals surface area contributed by atoms with Crippen molar-refractivity contribution in [2.24, 2.45) is 11.8 Å². The summed E-state index contributed by atoms with van der Waals surface area (Å²) in [5.41, 5.74) is 0.841. The number of carbonyl (C=O) groups is 4. The van der Waals surface area contributed by atoms with Gasteiger partial charge >= 0.3 is 0 Å². The molecule has 10 nitrogen and oxygen atoms in total. The van der Waals surface area contributed by atoms with E-state index in [9.17, 15) is 19.2 Å². The van der Waals surface area contributed by atoms with E-state index in [1.54, 1.807) is 38.4 Å². The molecule has 0 saturated carbocycles. The van der Waals surface area contributed by atoms with Gasteiger partial charge in [-0.15, -0.1) is 0 Å². The van der Waals surface area contributed by atoms with Crippen LogP contribution in [-0.2, 0) is 32.0 Å². The van der Waals surface area contributed by atoms with Crippen molar-refractivity contribution in [3.63, 3.8) is 0 Å². The molecule has 0 aliphatic carbocycles. The molecule has 0 unspecified atom stereocenters. The van der Waals surface area contributed by atoms with Crippen LogP contribution in [0.5, 0.6) is 0 Å². The van der Waals surface area contributed by atoms with E-state index in [-0.39, 0.29) is 42.4 Å². The van der Waals surface area contributed by atoms with Gasteiger partial charge in [0.25, 0.3) is 5.91 Å². The Kier molecular flexibility index (Phi) is 10.0. The van der Waals surface area contributed by atoms with Crippen molar-refractivity contribution in [3.05, 3.63) is 83.5 Å². The largest absolute Gasteiger partial charge is 0.361 e. The highest BCUT2D eigenvalue weighted by molar-refractivity contribution is 5.99. The molecule has 1 aliphatic heterocycles. The fraction of sp³-hybridized carbons (Fsp3) is 0.438. The summed E-state index contributed by atoms with van der Waals surface area (Å²) in [6.45, 7) is 7.68. The van der Waals surface area contributed by atoms with Crippen molar-refractivity contribution in [1.82, 2.24) is 20.8 Å². The summed E-state index contributed by atoms with van der Waals surface area (Å²) in [5.74, 6) is -1.59. The van der Waals surface area contributed by atoms with Crippen LogP contribution >= 0.6 is 0 Å². The summed E-state index contributed by atoms with van der Waals surface area (Å²) >= 11 is 0. The highest BCUT2D eigenvalue weighted by Crippen LogP contribution is 2.30. The summed E-state index contributed by atoms with van der Waals surface area (Å²) in [6.07, 6.45) is 4.02. The molecule has 2 amide bonds. The van der Waals surface area contributed by atoms with E-state index in [0.717, 1.165) is 11.1 Å². The van der Waals surface area contributed by atoms with Crippen LogP contribution in [0.15, 0.2) is 65.4 Å². The van der Waals surface area contributed by atoms with E-state index in [1.807, 2.05) is 44.2 Å². The number of ether oxygens (including phenoxy) is 1. The molecule has 0 spiro atoms. The molecule has 42 heavy (non-hydrogen) atoms. The quantitative estimate of drug-likeness (QED) is 0.263. The molecule has 0 radical (unpaired) electrons. The number of hydrogen-bond acceptors (Lipinski definition) is 8. The zero-order valence-corrected chi connectivity index (χ0v) is 24.5. The SMILES string of the molecule is Cc1cc(C(=O)N[C@@H](Cc2ccncc2)C(=O)C[C@@H](Cc2ccccc2)C(=O)N[C@@H](CC(C)C)C(=O)[C@@]2(C)CO2)no1. The fourth-order valence-electron chi connectivity index (χ4n) is 4.86. The minimum atomic E-state index is -0.935. The normalized spacial score (nSPS) is 18.1. The third kappa shape index (κ3) is 8.42. The van der Waals surface area contributed by atoms with E-state index < -0.39 is 35.4 Å². The minimum Gasteiger partial charge on any atom is -0.361 e. The lowest BCUT2D eigenvalue weighted by atomic mass is 9.88. The average molecular weight is 575 g/mol. The van der Waals surface area contributed by atoms with Gasteiger partial charge in [-0.2, -0.15) is 0 Å². The first-order valence-corrected chi connectivity index (χ1v) is 14.2. The number of benzene rings is 1. The molecule has 3 aromatic rings. The molecule has 1 saturated heterocycles. The third-order valence-electron chi connectivity index (χ3n) is 7.33. The van der Waals surface area contributed by atoms with Gasteiger partial charge < -0.3 is 19.9 Å². The number of aryl methyl sites for hydroxylation is 1. The van der Waals surface area contributed by atoms with Crippen molar-refractivity contribution in [1.29, 1.82) is 0 Å². The van der Waals surface area contributed by atoms with Crippen molar-refractivity contribution in [2.75, 3.05) is 6.61 Å². The van der Waals surface area contributed by atoms with Crippen LogP contribution in [0.25, 0.3) is 0 Å². The first kappa shape index (κ1) is 30.8. The first-order chi connectivity index (χ1) is 20.0. The number of Topliss-reactive ketones (excluding diaryl/α,β-unsaturated/α-hetero) is 2. The Hall–Kier alpha value is -4.18. The summed E-state index contributed by atoms with van der Waals surface area (Å²) < 4.78 is 10.4. The van der Waals surface area contributed by atoms with Gasteiger partial charge in [0.15, 0.2) is 17.3 Å². The summed E-state index contributed by atoms with van der Waals surface area (Å²) in [4.78, 5) is 57.8. The Balaban J connectivity index is 1.56. The zero-order valence-electron chi connectivity index (χ0n) is 24.5. The topological polar surface area (TPSA) is 144 Å². The van der Waals surface area contributed by atoms with E-state index in [2.05, 4.69) is 20.8 Å². The Morgan fingerprint density at radius 2 is 1.62 bits per heavy atom. The predicted molar refractivity (Wildman–Crippen MR) is 154 cm³/mol. The molecule has 4 rings (SSSR count). The molecular formula is C32H38N4O6. The van der Waals surface area contributed by atoms with Gasteiger partial charge in [0.05, 0.1) is 18.7 Å². The Labute approximate surface area is 245 Å². The highest BCUT2D eigenvalue weighted by atomic mass is 16.6. The van der Waals surface area contributed by atoms with Gasteiger partial charge in [0, 0.05) is 30.8 Å². The van der Waals surface area contributed by atoms with E-state index in [4.69, 9.17) is 9.26 Å². The van der Waals surface area contributed by atoms with Crippen LogP contribution in [0.1, 0.15) is 61.0 Å². The second-order valence-corrected chi connectivity index (χ2v) is 11.5. The lowest BCUT2D eigenvalue weighted by Crippen LogP contribution is -2.50. The second-order valence-electron chi connectivity index (χ2n) is 11.5. The molecule has 10 heteroatoms. The number of nitrogens with one attached hydrogen (secondary N) is 2. The number of rotatable bonds is 15. The number of hydrogen-bond donors (Lipinski definition) is 2. The first-order valence-electron chi connectivity index (χ1n) is 14.2.